The standard InChI is InChI=1S/C12H18N2O4S2/c1-8-7-14(9(2)6-13-8)20(16,17)10-4-5-19-11(10)12(15)18-3/h4-5,8-9,13H,6-7H2,1-3H3. The third-order valence-electron chi connectivity index (χ3n) is 3.29. The molecular formula is C12H18N2O4S2. The van der Waals surface area contributed by atoms with Gasteiger partial charge in [0.05, 0.1) is 7.11 Å². The Labute approximate surface area is 122 Å². The molecule has 1 aromatic rings. The van der Waals surface area contributed by atoms with Gasteiger partial charge in [-0.2, -0.15) is 4.31 Å². The topological polar surface area (TPSA) is 75.7 Å². The number of esters is 1. The number of hydrogen-bond donors (Lipinski definition) is 1. The van der Waals surface area contributed by atoms with Crippen LogP contribution in [0.3, 0.4) is 0 Å². The molecule has 6 nitrogen and oxygen atoms in total. The Balaban J connectivity index is 2.40. The molecule has 2 unspecified atom stereocenters. The van der Waals surface area contributed by atoms with Crippen LogP contribution in [0.2, 0.25) is 0 Å². The maximum Gasteiger partial charge on any atom is 0.349 e. The Bertz CT molecular complexity index is 596. The number of methoxy groups -OCH3 is 1. The first kappa shape index (κ1) is 15.4. The Hall–Kier alpha value is -0.960. The zero-order valence-corrected chi connectivity index (χ0v) is 13.3. The van der Waals surface area contributed by atoms with Crippen LogP contribution < -0.4 is 5.32 Å². The van der Waals surface area contributed by atoms with Crippen LogP contribution in [0.1, 0.15) is 23.5 Å². The molecule has 0 aliphatic carbocycles. The van der Waals surface area contributed by atoms with E-state index in [1.165, 1.54) is 17.5 Å². The fraction of sp³-hybridized carbons (Fsp3) is 0.583. The van der Waals surface area contributed by atoms with Crippen molar-refractivity contribution in [3.8, 4) is 0 Å². The van der Waals surface area contributed by atoms with Crippen LogP contribution in [-0.4, -0.2) is 51.0 Å². The highest BCUT2D eigenvalue weighted by molar-refractivity contribution is 7.89. The van der Waals surface area contributed by atoms with E-state index in [2.05, 4.69) is 10.1 Å². The maximum absolute atomic E-state index is 12.7. The average Bonchev–Trinajstić information content (AvgIpc) is 2.90. The number of sulfonamides is 1. The second-order valence-corrected chi connectivity index (χ2v) is 7.61. The Morgan fingerprint density at radius 2 is 2.20 bits per heavy atom. The van der Waals surface area contributed by atoms with Gasteiger partial charge in [-0.15, -0.1) is 11.3 Å². The zero-order chi connectivity index (χ0) is 14.9. The highest BCUT2D eigenvalue weighted by Gasteiger charge is 2.36. The molecular weight excluding hydrogens is 300 g/mol. The minimum atomic E-state index is -3.68. The lowest BCUT2D eigenvalue weighted by Crippen LogP contribution is -2.56. The number of ether oxygens (including phenoxy) is 1. The summed E-state index contributed by atoms with van der Waals surface area (Å²) in [5, 5.41) is 4.83. The lowest BCUT2D eigenvalue weighted by Gasteiger charge is -2.36. The predicted octanol–water partition coefficient (Wildman–Crippen LogP) is 0.906. The number of thiophene rings is 1. The number of carbonyl (C=O) groups excluding carboxylic acids is 1. The first-order chi connectivity index (χ1) is 9.37. The predicted molar refractivity (Wildman–Crippen MR) is 76.5 cm³/mol. The second-order valence-electron chi connectivity index (χ2n) is 4.84. The Morgan fingerprint density at radius 3 is 2.85 bits per heavy atom. The van der Waals surface area contributed by atoms with Gasteiger partial charge in [-0.3, -0.25) is 0 Å². The quantitative estimate of drug-likeness (QED) is 0.838. The summed E-state index contributed by atoms with van der Waals surface area (Å²) >= 11 is 1.08. The van der Waals surface area contributed by atoms with Gasteiger partial charge in [0, 0.05) is 25.2 Å². The first-order valence-corrected chi connectivity index (χ1v) is 8.61. The van der Waals surface area contributed by atoms with Gasteiger partial charge in [-0.05, 0) is 25.3 Å². The number of hydrogen-bond acceptors (Lipinski definition) is 6. The second kappa shape index (κ2) is 5.80. The lowest BCUT2D eigenvalue weighted by molar-refractivity contribution is 0.0602. The van der Waals surface area contributed by atoms with Crippen LogP contribution in [0.15, 0.2) is 16.3 Å². The fourth-order valence-electron chi connectivity index (χ4n) is 2.19. The molecule has 20 heavy (non-hydrogen) atoms. The van der Waals surface area contributed by atoms with Gasteiger partial charge in [0.2, 0.25) is 10.0 Å². The molecule has 1 saturated heterocycles. The third-order valence-corrected chi connectivity index (χ3v) is 6.34. The summed E-state index contributed by atoms with van der Waals surface area (Å²) in [5.41, 5.74) is 0. The number of nitrogens with one attached hydrogen (secondary N) is 1. The molecule has 0 spiro atoms. The molecule has 2 rings (SSSR count). The molecule has 0 radical (unpaired) electrons. The fourth-order valence-corrected chi connectivity index (χ4v) is 5.22. The SMILES string of the molecule is COC(=O)c1sccc1S(=O)(=O)N1CC(C)NCC1C. The molecule has 8 heteroatoms. The minimum Gasteiger partial charge on any atom is -0.465 e. The summed E-state index contributed by atoms with van der Waals surface area (Å²) in [5.74, 6) is -0.616. The van der Waals surface area contributed by atoms with E-state index in [0.717, 1.165) is 11.3 Å². The van der Waals surface area contributed by atoms with Crippen LogP contribution in [0.25, 0.3) is 0 Å². The van der Waals surface area contributed by atoms with Crippen molar-refractivity contribution in [2.45, 2.75) is 30.8 Å². The smallest absolute Gasteiger partial charge is 0.349 e. The summed E-state index contributed by atoms with van der Waals surface area (Å²) in [6.45, 7) is 4.77. The van der Waals surface area contributed by atoms with Gasteiger partial charge in [0.25, 0.3) is 0 Å². The van der Waals surface area contributed by atoms with Gasteiger partial charge < -0.3 is 10.1 Å². The van der Waals surface area contributed by atoms with E-state index in [-0.39, 0.29) is 21.9 Å². The molecule has 0 amide bonds. The Morgan fingerprint density at radius 1 is 1.50 bits per heavy atom. The van der Waals surface area contributed by atoms with Gasteiger partial charge >= 0.3 is 5.97 Å². The van der Waals surface area contributed by atoms with Crippen molar-refractivity contribution >= 4 is 27.3 Å². The van der Waals surface area contributed by atoms with Crippen LogP contribution >= 0.6 is 11.3 Å². The van der Waals surface area contributed by atoms with E-state index in [0.29, 0.717) is 13.1 Å². The van der Waals surface area contributed by atoms with Crippen LogP contribution in [0.4, 0.5) is 0 Å². The molecule has 2 atom stereocenters. The van der Waals surface area contributed by atoms with E-state index < -0.39 is 16.0 Å². The molecule has 2 heterocycles. The summed E-state index contributed by atoms with van der Waals surface area (Å²) in [4.78, 5) is 11.8. The van der Waals surface area contributed by atoms with E-state index in [1.54, 1.807) is 5.38 Å². The number of carbonyl (C=O) groups is 1. The van der Waals surface area contributed by atoms with Crippen molar-refractivity contribution in [3.63, 3.8) is 0 Å². The molecule has 1 fully saturated rings. The van der Waals surface area contributed by atoms with Crippen LogP contribution in [0.5, 0.6) is 0 Å². The highest BCUT2D eigenvalue weighted by Crippen LogP contribution is 2.28. The van der Waals surface area contributed by atoms with Crippen molar-refractivity contribution in [3.05, 3.63) is 16.3 Å². The highest BCUT2D eigenvalue weighted by atomic mass is 32.2. The lowest BCUT2D eigenvalue weighted by atomic mass is 10.2. The van der Waals surface area contributed by atoms with E-state index >= 15 is 0 Å². The van der Waals surface area contributed by atoms with Gasteiger partial charge in [-0.1, -0.05) is 0 Å². The van der Waals surface area contributed by atoms with Gasteiger partial charge in [-0.25, -0.2) is 13.2 Å². The molecule has 1 aliphatic rings. The summed E-state index contributed by atoms with van der Waals surface area (Å²) in [7, 11) is -2.44. The minimum absolute atomic E-state index is 0.0373. The third kappa shape index (κ3) is 2.73. The van der Waals surface area contributed by atoms with Crippen molar-refractivity contribution in [2.75, 3.05) is 20.2 Å². The molecule has 0 bridgehead atoms. The molecule has 0 saturated carbocycles. The van der Waals surface area contributed by atoms with Crippen molar-refractivity contribution in [2.24, 2.45) is 0 Å². The van der Waals surface area contributed by atoms with Gasteiger partial charge in [0.1, 0.15) is 9.77 Å². The van der Waals surface area contributed by atoms with Gasteiger partial charge in [0.15, 0.2) is 0 Å². The number of nitrogens with zero attached hydrogens (tertiary/aromatic N) is 1. The number of rotatable bonds is 3. The van der Waals surface area contributed by atoms with Crippen LogP contribution in [-0.2, 0) is 14.8 Å². The van der Waals surface area contributed by atoms with E-state index in [1.807, 2.05) is 13.8 Å². The molecule has 0 aromatic carbocycles. The van der Waals surface area contributed by atoms with Crippen molar-refractivity contribution in [1.82, 2.24) is 9.62 Å². The Kier molecular flexibility index (Phi) is 4.48. The summed E-state index contributed by atoms with van der Waals surface area (Å²) in [6, 6.07) is 1.40. The maximum atomic E-state index is 12.7. The molecule has 1 aromatic heterocycles. The summed E-state index contributed by atoms with van der Waals surface area (Å²) < 4.78 is 31.6. The average molecular weight is 318 g/mol. The van der Waals surface area contributed by atoms with Crippen LogP contribution in [0, 0.1) is 0 Å². The molecule has 112 valence electrons. The largest absolute Gasteiger partial charge is 0.465 e. The molecule has 1 aliphatic heterocycles. The monoisotopic (exact) mass is 318 g/mol. The summed E-state index contributed by atoms with van der Waals surface area (Å²) in [6.07, 6.45) is 0. The number of piperazine rings is 1. The van der Waals surface area contributed by atoms with Crippen molar-refractivity contribution < 1.29 is 17.9 Å². The zero-order valence-electron chi connectivity index (χ0n) is 11.6. The van der Waals surface area contributed by atoms with E-state index in [4.69, 9.17) is 0 Å². The van der Waals surface area contributed by atoms with Crippen molar-refractivity contribution in [1.29, 1.82) is 0 Å². The first-order valence-electron chi connectivity index (χ1n) is 6.29. The normalized spacial score (nSPS) is 24.6. The van der Waals surface area contributed by atoms with E-state index in [9.17, 15) is 13.2 Å². The molecule has 1 N–H and O–H groups in total.